The molecule has 0 spiro atoms. The van der Waals surface area contributed by atoms with Gasteiger partial charge in [0.15, 0.2) is 0 Å². The van der Waals surface area contributed by atoms with Crippen LogP contribution in [-0.2, 0) is 4.74 Å². The van der Waals surface area contributed by atoms with Crippen LogP contribution < -0.4 is 0 Å². The maximum absolute atomic E-state index is 5.76. The molecule has 1 nitrogen and oxygen atoms in total. The van der Waals surface area contributed by atoms with Crippen LogP contribution in [0.5, 0.6) is 0 Å². The topological polar surface area (TPSA) is 9.23 Å². The summed E-state index contributed by atoms with van der Waals surface area (Å²) in [5, 5.41) is 0. The number of fused-ring (bicyclic) bond motifs is 5. The van der Waals surface area contributed by atoms with Gasteiger partial charge in [-0.2, -0.15) is 0 Å². The Hall–Kier alpha value is -0.560. The first-order valence-corrected chi connectivity index (χ1v) is 13.6. The Morgan fingerprint density at radius 1 is 1.03 bits per heavy atom. The summed E-state index contributed by atoms with van der Waals surface area (Å²) < 4.78 is 5.76. The molecule has 3 fully saturated rings. The van der Waals surface area contributed by atoms with Crippen molar-refractivity contribution < 1.29 is 4.74 Å². The van der Waals surface area contributed by atoms with Crippen LogP contribution in [0, 0.1) is 52.3 Å². The molecule has 0 aromatic carbocycles. The summed E-state index contributed by atoms with van der Waals surface area (Å²) in [5.74, 6) is 5.88. The highest BCUT2D eigenvalue weighted by molar-refractivity contribution is 5.25. The molecule has 176 valence electrons. The van der Waals surface area contributed by atoms with Crippen LogP contribution in [0.3, 0.4) is 0 Å². The summed E-state index contributed by atoms with van der Waals surface area (Å²) in [7, 11) is 1.91. The van der Waals surface area contributed by atoms with E-state index in [1.807, 2.05) is 7.11 Å². The standard InChI is InChI=1S/C30H50O/c1-8-22(20(2)3)10-9-21(4)26-13-14-27-25-12-11-23-19-24(31-7)15-17-29(23,5)28(25)16-18-30(26,27)6/h9-11,20-22,24-28H,8,12-19H2,1-7H3/b10-9+/t21?,22-,24+,25+,26-,27+,28+,29+,30-/m1/s1. The third-order valence-electron chi connectivity index (χ3n) is 11.1. The lowest BCUT2D eigenvalue weighted by atomic mass is 9.47. The summed E-state index contributed by atoms with van der Waals surface area (Å²) >= 11 is 0. The number of hydrogen-bond donors (Lipinski definition) is 0. The highest BCUT2D eigenvalue weighted by Crippen LogP contribution is 2.67. The smallest absolute Gasteiger partial charge is 0.0608 e. The second-order valence-electron chi connectivity index (χ2n) is 12.6. The van der Waals surface area contributed by atoms with Crippen molar-refractivity contribution >= 4 is 0 Å². The first-order valence-electron chi connectivity index (χ1n) is 13.6. The van der Waals surface area contributed by atoms with E-state index in [9.17, 15) is 0 Å². The monoisotopic (exact) mass is 426 g/mol. The molecule has 9 atom stereocenters. The molecular weight excluding hydrogens is 376 g/mol. The summed E-state index contributed by atoms with van der Waals surface area (Å²) in [6.07, 6.45) is 20.6. The lowest BCUT2D eigenvalue weighted by Crippen LogP contribution is -2.50. The average Bonchev–Trinajstić information content (AvgIpc) is 3.10. The van der Waals surface area contributed by atoms with E-state index < -0.39 is 0 Å². The van der Waals surface area contributed by atoms with Gasteiger partial charge in [-0.15, -0.1) is 0 Å². The fourth-order valence-corrected chi connectivity index (χ4v) is 9.01. The van der Waals surface area contributed by atoms with Gasteiger partial charge in [0.1, 0.15) is 0 Å². The van der Waals surface area contributed by atoms with Gasteiger partial charge in [0, 0.05) is 7.11 Å². The van der Waals surface area contributed by atoms with E-state index in [1.165, 1.54) is 57.8 Å². The molecule has 0 radical (unpaired) electrons. The number of ether oxygens (including phenoxy) is 1. The quantitative estimate of drug-likeness (QED) is 0.387. The predicted molar refractivity (Wildman–Crippen MR) is 133 cm³/mol. The molecule has 0 heterocycles. The Kier molecular flexibility index (Phi) is 6.85. The molecule has 0 aromatic rings. The number of rotatable bonds is 6. The van der Waals surface area contributed by atoms with Crippen LogP contribution in [0.1, 0.15) is 99.3 Å². The van der Waals surface area contributed by atoms with E-state index in [-0.39, 0.29) is 0 Å². The number of methoxy groups -OCH3 is 1. The van der Waals surface area contributed by atoms with Gasteiger partial charge < -0.3 is 4.74 Å². The summed E-state index contributed by atoms with van der Waals surface area (Å²) in [5.41, 5.74) is 2.75. The first-order chi connectivity index (χ1) is 14.7. The molecule has 1 unspecified atom stereocenters. The van der Waals surface area contributed by atoms with Crippen LogP contribution in [0.25, 0.3) is 0 Å². The molecule has 0 aliphatic heterocycles. The highest BCUT2D eigenvalue weighted by Gasteiger charge is 2.59. The van der Waals surface area contributed by atoms with Crippen molar-refractivity contribution in [3.8, 4) is 0 Å². The predicted octanol–water partition coefficient (Wildman–Crippen LogP) is 8.45. The van der Waals surface area contributed by atoms with E-state index in [0.29, 0.717) is 16.9 Å². The highest BCUT2D eigenvalue weighted by atomic mass is 16.5. The van der Waals surface area contributed by atoms with Gasteiger partial charge in [-0.25, -0.2) is 0 Å². The fraction of sp³-hybridized carbons (Fsp3) is 0.867. The van der Waals surface area contributed by atoms with Crippen molar-refractivity contribution in [3.05, 3.63) is 23.8 Å². The van der Waals surface area contributed by atoms with E-state index >= 15 is 0 Å². The first kappa shape index (κ1) is 23.6. The molecule has 0 aromatic heterocycles. The fourth-order valence-electron chi connectivity index (χ4n) is 9.01. The third-order valence-corrected chi connectivity index (χ3v) is 11.1. The molecule has 3 saturated carbocycles. The molecule has 31 heavy (non-hydrogen) atoms. The van der Waals surface area contributed by atoms with Crippen molar-refractivity contribution in [3.63, 3.8) is 0 Å². The molecule has 0 amide bonds. The zero-order valence-electron chi connectivity index (χ0n) is 21.6. The van der Waals surface area contributed by atoms with Crippen molar-refractivity contribution in [1.29, 1.82) is 0 Å². The summed E-state index contributed by atoms with van der Waals surface area (Å²) in [6, 6.07) is 0. The minimum atomic E-state index is 0.453. The van der Waals surface area contributed by atoms with Gasteiger partial charge in [-0.05, 0) is 110 Å². The molecule has 1 heteroatoms. The van der Waals surface area contributed by atoms with Crippen LogP contribution in [0.2, 0.25) is 0 Å². The number of allylic oxidation sites excluding steroid dienone is 3. The van der Waals surface area contributed by atoms with Gasteiger partial charge in [0.2, 0.25) is 0 Å². The Bertz CT molecular complexity index is 689. The van der Waals surface area contributed by atoms with E-state index in [0.717, 1.165) is 41.4 Å². The zero-order valence-corrected chi connectivity index (χ0v) is 21.6. The van der Waals surface area contributed by atoms with Crippen molar-refractivity contribution in [2.24, 2.45) is 52.3 Å². The van der Waals surface area contributed by atoms with Crippen molar-refractivity contribution in [2.45, 2.75) is 105 Å². The zero-order chi connectivity index (χ0) is 22.4. The minimum absolute atomic E-state index is 0.453. The third kappa shape index (κ3) is 4.00. The largest absolute Gasteiger partial charge is 0.381 e. The van der Waals surface area contributed by atoms with Crippen LogP contribution in [-0.4, -0.2) is 13.2 Å². The van der Waals surface area contributed by atoms with Crippen LogP contribution in [0.15, 0.2) is 23.8 Å². The molecule has 4 rings (SSSR count). The van der Waals surface area contributed by atoms with Gasteiger partial charge in [0.05, 0.1) is 6.10 Å². The second-order valence-corrected chi connectivity index (χ2v) is 12.6. The van der Waals surface area contributed by atoms with E-state index in [4.69, 9.17) is 4.74 Å². The lowest BCUT2D eigenvalue weighted by Gasteiger charge is -2.58. The number of hydrogen-bond acceptors (Lipinski definition) is 1. The van der Waals surface area contributed by atoms with Crippen LogP contribution >= 0.6 is 0 Å². The Morgan fingerprint density at radius 3 is 2.48 bits per heavy atom. The van der Waals surface area contributed by atoms with Crippen LogP contribution in [0.4, 0.5) is 0 Å². The maximum atomic E-state index is 5.76. The van der Waals surface area contributed by atoms with Gasteiger partial charge in [0.25, 0.3) is 0 Å². The summed E-state index contributed by atoms with van der Waals surface area (Å²) in [4.78, 5) is 0. The van der Waals surface area contributed by atoms with Gasteiger partial charge in [-0.3, -0.25) is 0 Å². The second kappa shape index (κ2) is 9.00. The normalized spacial score (nSPS) is 44.5. The van der Waals surface area contributed by atoms with E-state index in [1.54, 1.807) is 5.57 Å². The van der Waals surface area contributed by atoms with Gasteiger partial charge in [-0.1, -0.05) is 65.3 Å². The van der Waals surface area contributed by atoms with E-state index in [2.05, 4.69) is 59.8 Å². The Labute approximate surface area is 193 Å². The molecule has 4 aliphatic carbocycles. The van der Waals surface area contributed by atoms with Crippen molar-refractivity contribution in [2.75, 3.05) is 7.11 Å². The lowest BCUT2D eigenvalue weighted by molar-refractivity contribution is -0.0572. The maximum Gasteiger partial charge on any atom is 0.0608 e. The molecular formula is C30H50O. The summed E-state index contributed by atoms with van der Waals surface area (Å²) in [6.45, 7) is 14.9. The molecule has 4 aliphatic rings. The van der Waals surface area contributed by atoms with Crippen molar-refractivity contribution in [1.82, 2.24) is 0 Å². The SMILES string of the molecule is CC[C@H](/C=C/C(C)[C@H]1CC[C@H]2[C@@H]3CC=C4C[C@@H](OC)CC[C@]4(C)[C@H]3CC[C@]12C)C(C)C. The Morgan fingerprint density at radius 2 is 1.81 bits per heavy atom. The molecule has 0 N–H and O–H groups in total. The molecule has 0 saturated heterocycles. The van der Waals surface area contributed by atoms with Gasteiger partial charge >= 0.3 is 0 Å². The minimum Gasteiger partial charge on any atom is -0.381 e. The average molecular weight is 427 g/mol. The molecule has 0 bridgehead atoms. The Balaban J connectivity index is 1.51.